The molecule has 0 radical (unpaired) electrons. The molecular weight excluding hydrogens is 144 g/mol. The highest BCUT2D eigenvalue weighted by molar-refractivity contribution is 4.96. The summed E-state index contributed by atoms with van der Waals surface area (Å²) in [5.41, 5.74) is 2.49. The molecule has 0 aliphatic rings. The molecule has 0 spiro atoms. The lowest BCUT2D eigenvalue weighted by Gasteiger charge is -1.95. The van der Waals surface area contributed by atoms with Gasteiger partial charge < -0.3 is 0 Å². The highest BCUT2D eigenvalue weighted by atomic mass is 13.9. The molecule has 0 aromatic carbocycles. The van der Waals surface area contributed by atoms with Crippen LogP contribution in [0, 0.1) is 0 Å². The highest BCUT2D eigenvalue weighted by Crippen LogP contribution is 2.05. The third kappa shape index (κ3) is 22.9. The van der Waals surface area contributed by atoms with Gasteiger partial charge in [-0.2, -0.15) is 0 Å². The molecule has 0 heteroatoms. The van der Waals surface area contributed by atoms with Crippen LogP contribution < -0.4 is 0 Å². The van der Waals surface area contributed by atoms with Gasteiger partial charge in [0.2, 0.25) is 0 Å². The number of rotatable bonds is 4. The van der Waals surface area contributed by atoms with Crippen LogP contribution >= 0.6 is 0 Å². The van der Waals surface area contributed by atoms with Crippen LogP contribution in [0.25, 0.3) is 0 Å². The minimum absolute atomic E-state index is 1.08. The van der Waals surface area contributed by atoms with Gasteiger partial charge in [-0.3, -0.25) is 0 Å². The molecule has 0 aromatic heterocycles. The second-order valence-corrected chi connectivity index (χ2v) is 3.11. The molecule has 0 bridgehead atoms. The molecule has 0 aliphatic heterocycles. The summed E-state index contributed by atoms with van der Waals surface area (Å²) in [5.74, 6) is 0. The van der Waals surface area contributed by atoms with Gasteiger partial charge in [-0.25, -0.2) is 0 Å². The largest absolute Gasteiger partial charge is 0.103 e. The molecule has 0 unspecified atom stereocenters. The number of hydrogen-bond donors (Lipinski definition) is 0. The van der Waals surface area contributed by atoms with Gasteiger partial charge in [0.05, 0.1) is 0 Å². The molecule has 0 saturated carbocycles. The predicted molar refractivity (Wildman–Crippen MR) is 59.4 cm³/mol. The summed E-state index contributed by atoms with van der Waals surface area (Å²) < 4.78 is 0. The predicted octanol–water partition coefficient (Wildman–Crippen LogP) is 4.50. The summed E-state index contributed by atoms with van der Waals surface area (Å²) in [4.78, 5) is 0. The summed E-state index contributed by atoms with van der Waals surface area (Å²) in [5, 5.41) is 0. The molecule has 70 valence electrons. The van der Waals surface area contributed by atoms with Gasteiger partial charge in [0.15, 0.2) is 0 Å². The van der Waals surface area contributed by atoms with E-state index in [0.717, 1.165) is 19.3 Å². The third-order valence-electron chi connectivity index (χ3n) is 1.27. The average Bonchev–Trinajstić information content (AvgIpc) is 2.01. The second kappa shape index (κ2) is 10.2. The molecular formula is C12H22. The maximum Gasteiger partial charge on any atom is -0.0289 e. The van der Waals surface area contributed by atoms with Crippen LogP contribution in [0.3, 0.4) is 0 Å². The van der Waals surface area contributed by atoms with Crippen molar-refractivity contribution in [3.63, 3.8) is 0 Å². The van der Waals surface area contributed by atoms with Crippen molar-refractivity contribution in [1.29, 1.82) is 0 Å². The monoisotopic (exact) mass is 166 g/mol. The van der Waals surface area contributed by atoms with Crippen LogP contribution in [-0.4, -0.2) is 0 Å². The van der Waals surface area contributed by atoms with Gasteiger partial charge in [0.25, 0.3) is 0 Å². The van der Waals surface area contributed by atoms with E-state index >= 15 is 0 Å². The van der Waals surface area contributed by atoms with E-state index in [9.17, 15) is 0 Å². The third-order valence-corrected chi connectivity index (χ3v) is 1.27. The molecule has 0 nitrogen and oxygen atoms in total. The van der Waals surface area contributed by atoms with Gasteiger partial charge in [-0.1, -0.05) is 24.1 Å². The first-order valence-electron chi connectivity index (χ1n) is 4.44. The van der Waals surface area contributed by atoms with Crippen LogP contribution in [0.5, 0.6) is 0 Å². The van der Waals surface area contributed by atoms with Crippen molar-refractivity contribution in [2.24, 2.45) is 0 Å². The van der Waals surface area contributed by atoms with Crippen molar-refractivity contribution >= 4 is 0 Å². The van der Waals surface area contributed by atoms with Crippen molar-refractivity contribution in [3.05, 3.63) is 37.0 Å². The van der Waals surface area contributed by atoms with E-state index in [4.69, 9.17) is 0 Å². The van der Waals surface area contributed by atoms with E-state index in [1.54, 1.807) is 0 Å². The quantitative estimate of drug-likeness (QED) is 0.539. The molecule has 0 saturated heterocycles. The Hall–Kier alpha value is -0.780. The lowest BCUT2D eigenvalue weighted by atomic mass is 10.1. The van der Waals surface area contributed by atoms with Crippen LogP contribution in [0.4, 0.5) is 0 Å². The van der Waals surface area contributed by atoms with Crippen LogP contribution in [0.2, 0.25) is 0 Å². The van der Waals surface area contributed by atoms with E-state index < -0.39 is 0 Å². The molecule has 0 aliphatic carbocycles. The Morgan fingerprint density at radius 3 is 1.42 bits per heavy atom. The Morgan fingerprint density at radius 2 is 1.33 bits per heavy atom. The summed E-state index contributed by atoms with van der Waals surface area (Å²) in [6.45, 7) is 17.2. The fourth-order valence-electron chi connectivity index (χ4n) is 0.427. The van der Waals surface area contributed by atoms with Gasteiger partial charge >= 0.3 is 0 Å². The number of allylic oxidation sites excluding steroid dienone is 3. The lowest BCUT2D eigenvalue weighted by molar-refractivity contribution is 0.933. The topological polar surface area (TPSA) is 0 Å². The maximum atomic E-state index is 3.79. The summed E-state index contributed by atoms with van der Waals surface area (Å²) in [6, 6.07) is 0. The summed E-state index contributed by atoms with van der Waals surface area (Å²) in [7, 11) is 0. The maximum absolute atomic E-state index is 3.79. The molecule has 0 N–H and O–H groups in total. The van der Waals surface area contributed by atoms with E-state index in [2.05, 4.69) is 26.7 Å². The van der Waals surface area contributed by atoms with E-state index in [-0.39, 0.29) is 0 Å². The Balaban J connectivity index is 0. The van der Waals surface area contributed by atoms with Gasteiger partial charge in [-0.05, 0) is 33.1 Å². The minimum Gasteiger partial charge on any atom is -0.103 e. The van der Waals surface area contributed by atoms with Crippen molar-refractivity contribution in [3.8, 4) is 0 Å². The van der Waals surface area contributed by atoms with Crippen LogP contribution in [0.15, 0.2) is 37.0 Å². The fraction of sp³-hybridized carbons (Fsp3) is 0.500. The standard InChI is InChI=1S/C8H14.C4H8/c1-7(2)5-6-8(3)4;1-3-4-2/h1,3,5-6H2,2,4H3;3H,1,4H2,2H3. The lowest BCUT2D eigenvalue weighted by Crippen LogP contribution is -1.75. The van der Waals surface area contributed by atoms with Gasteiger partial charge in [-0.15, -0.1) is 19.7 Å². The molecule has 0 amide bonds. The molecule has 0 heterocycles. The average molecular weight is 166 g/mol. The first-order chi connectivity index (χ1) is 5.54. The van der Waals surface area contributed by atoms with Gasteiger partial charge in [0.1, 0.15) is 0 Å². The normalized spacial score (nSPS) is 7.92. The first kappa shape index (κ1) is 13.8. The van der Waals surface area contributed by atoms with Crippen molar-refractivity contribution in [2.75, 3.05) is 0 Å². The Labute approximate surface area is 77.7 Å². The summed E-state index contributed by atoms with van der Waals surface area (Å²) in [6.07, 6.45) is 5.14. The fourth-order valence-corrected chi connectivity index (χ4v) is 0.427. The highest BCUT2D eigenvalue weighted by Gasteiger charge is 1.85. The second-order valence-electron chi connectivity index (χ2n) is 3.11. The zero-order valence-corrected chi connectivity index (χ0v) is 8.82. The zero-order valence-electron chi connectivity index (χ0n) is 8.82. The smallest absolute Gasteiger partial charge is 0.0289 e. The molecule has 0 rings (SSSR count). The molecule has 0 aromatic rings. The van der Waals surface area contributed by atoms with E-state index in [1.165, 1.54) is 11.1 Å². The Bertz CT molecular complexity index is 126. The Kier molecular flexibility index (Phi) is 11.7. The van der Waals surface area contributed by atoms with Crippen molar-refractivity contribution in [2.45, 2.75) is 40.0 Å². The summed E-state index contributed by atoms with van der Waals surface area (Å²) >= 11 is 0. The van der Waals surface area contributed by atoms with Gasteiger partial charge in [0, 0.05) is 0 Å². The SMILES string of the molecule is C=C(C)CCC(=C)C.C=CCC. The molecule has 12 heavy (non-hydrogen) atoms. The first-order valence-corrected chi connectivity index (χ1v) is 4.44. The van der Waals surface area contributed by atoms with Crippen LogP contribution in [0.1, 0.15) is 40.0 Å². The minimum atomic E-state index is 1.08. The Morgan fingerprint density at radius 1 is 1.08 bits per heavy atom. The number of hydrogen-bond acceptors (Lipinski definition) is 0. The van der Waals surface area contributed by atoms with Crippen molar-refractivity contribution < 1.29 is 0 Å². The zero-order chi connectivity index (χ0) is 9.98. The van der Waals surface area contributed by atoms with E-state index in [1.807, 2.05) is 19.9 Å². The van der Waals surface area contributed by atoms with E-state index in [0.29, 0.717) is 0 Å². The molecule has 0 atom stereocenters. The molecule has 0 fully saturated rings. The van der Waals surface area contributed by atoms with Crippen molar-refractivity contribution in [1.82, 2.24) is 0 Å². The van der Waals surface area contributed by atoms with Crippen LogP contribution in [-0.2, 0) is 0 Å².